The number of hydrogen-bond acceptors (Lipinski definition) is 6. The summed E-state index contributed by atoms with van der Waals surface area (Å²) in [6.45, 7) is 5.75. The molecule has 2 aromatic heterocycles. The molecule has 0 radical (unpaired) electrons. The van der Waals surface area contributed by atoms with Crippen LogP contribution in [0.15, 0.2) is 29.1 Å². The fourth-order valence-corrected chi connectivity index (χ4v) is 5.45. The molecule has 1 amide bonds. The minimum atomic E-state index is -0.412. The number of esters is 1. The van der Waals surface area contributed by atoms with Crippen molar-refractivity contribution in [1.82, 2.24) is 9.55 Å². The highest BCUT2D eigenvalue weighted by Crippen LogP contribution is 2.40. The summed E-state index contributed by atoms with van der Waals surface area (Å²) >= 11 is 1.43. The molecule has 8 heteroatoms. The average molecular weight is 440 g/mol. The predicted octanol–water partition coefficient (Wildman–Crippen LogP) is 3.71. The summed E-state index contributed by atoms with van der Waals surface area (Å²) in [5.41, 5.74) is 1.79. The molecule has 1 aliphatic carbocycles. The minimum Gasteiger partial charge on any atom is -0.462 e. The zero-order valence-electron chi connectivity index (χ0n) is 17.9. The lowest BCUT2D eigenvalue weighted by atomic mass is 9.88. The Morgan fingerprint density at radius 2 is 2.10 bits per heavy atom. The van der Waals surface area contributed by atoms with Crippen LogP contribution >= 0.6 is 11.3 Å². The van der Waals surface area contributed by atoms with Gasteiger partial charge in [0.25, 0.3) is 5.56 Å². The Bertz CT molecular complexity index is 1230. The molecule has 2 heterocycles. The fraction of sp³-hybridized carbons (Fsp3) is 0.391. The molecule has 162 valence electrons. The lowest BCUT2D eigenvalue weighted by molar-refractivity contribution is -0.116. The quantitative estimate of drug-likeness (QED) is 0.612. The van der Waals surface area contributed by atoms with Crippen LogP contribution in [0.5, 0.6) is 0 Å². The largest absolute Gasteiger partial charge is 0.462 e. The fourth-order valence-electron chi connectivity index (χ4n) is 4.03. The first-order chi connectivity index (χ1) is 14.9. The molecule has 1 atom stereocenters. The van der Waals surface area contributed by atoms with E-state index >= 15 is 0 Å². The van der Waals surface area contributed by atoms with Gasteiger partial charge in [0.2, 0.25) is 5.91 Å². The first-order valence-corrected chi connectivity index (χ1v) is 11.3. The number of aromatic nitrogens is 2. The Hall–Kier alpha value is -3.00. The van der Waals surface area contributed by atoms with Gasteiger partial charge in [0.15, 0.2) is 0 Å². The molecular formula is C23H25N3O4S. The number of amides is 1. The van der Waals surface area contributed by atoms with Crippen LogP contribution in [0.3, 0.4) is 0 Å². The molecule has 1 N–H and O–H groups in total. The number of hydrogen-bond donors (Lipinski definition) is 1. The van der Waals surface area contributed by atoms with E-state index in [1.165, 1.54) is 15.9 Å². The second-order valence-electron chi connectivity index (χ2n) is 7.89. The maximum atomic E-state index is 12.9. The van der Waals surface area contributed by atoms with Gasteiger partial charge in [-0.05, 0) is 56.7 Å². The highest BCUT2D eigenvalue weighted by Gasteiger charge is 2.29. The number of fused-ring (bicyclic) bond motifs is 2. The van der Waals surface area contributed by atoms with E-state index in [4.69, 9.17) is 4.74 Å². The average Bonchev–Trinajstić information content (AvgIpc) is 3.08. The minimum absolute atomic E-state index is 0.177. The zero-order valence-corrected chi connectivity index (χ0v) is 18.7. The topological polar surface area (TPSA) is 90.3 Å². The van der Waals surface area contributed by atoms with E-state index < -0.39 is 5.97 Å². The summed E-state index contributed by atoms with van der Waals surface area (Å²) in [4.78, 5) is 44.0. The van der Waals surface area contributed by atoms with Gasteiger partial charge in [0.05, 0.1) is 23.1 Å². The summed E-state index contributed by atoms with van der Waals surface area (Å²) < 4.78 is 6.62. The first-order valence-electron chi connectivity index (χ1n) is 10.5. The van der Waals surface area contributed by atoms with Crippen LogP contribution in [-0.2, 0) is 28.9 Å². The number of nitrogens with one attached hydrogen (secondary N) is 1. The number of anilines is 1. The third kappa shape index (κ3) is 4.12. The van der Waals surface area contributed by atoms with Gasteiger partial charge in [-0.15, -0.1) is 11.3 Å². The van der Waals surface area contributed by atoms with Crippen molar-refractivity contribution >= 4 is 39.1 Å². The molecule has 0 saturated carbocycles. The van der Waals surface area contributed by atoms with Gasteiger partial charge in [0, 0.05) is 4.88 Å². The van der Waals surface area contributed by atoms with Crippen LogP contribution < -0.4 is 10.9 Å². The van der Waals surface area contributed by atoms with E-state index in [-0.39, 0.29) is 24.6 Å². The standard InChI is InChI=1S/C23H25N3O4S/c1-4-30-23(29)20-16-10-9-13(2)11-18(16)31-21(20)25-19(27)12-26-14(3)24-17-8-6-5-7-15(17)22(26)28/h5-8,13H,4,9-12H2,1-3H3,(H,25,27). The number of aryl methyl sites for hydroxylation is 1. The van der Waals surface area contributed by atoms with Gasteiger partial charge >= 0.3 is 5.97 Å². The number of thiophene rings is 1. The number of carbonyl (C=O) groups excluding carboxylic acids is 2. The Kier molecular flexibility index (Phi) is 5.91. The summed E-state index contributed by atoms with van der Waals surface area (Å²) in [6, 6.07) is 7.07. The SMILES string of the molecule is CCOC(=O)c1c(NC(=O)Cn2c(C)nc3ccccc3c2=O)sc2c1CCC(C)C2. The maximum absolute atomic E-state index is 12.9. The predicted molar refractivity (Wildman–Crippen MR) is 121 cm³/mol. The third-order valence-corrected chi connectivity index (χ3v) is 6.77. The number of rotatable bonds is 5. The smallest absolute Gasteiger partial charge is 0.341 e. The van der Waals surface area contributed by atoms with Crippen LogP contribution in [0.4, 0.5) is 5.00 Å². The number of ether oxygens (including phenoxy) is 1. The highest BCUT2D eigenvalue weighted by molar-refractivity contribution is 7.17. The van der Waals surface area contributed by atoms with Crippen LogP contribution in [0.2, 0.25) is 0 Å². The summed E-state index contributed by atoms with van der Waals surface area (Å²) in [5.74, 6) is 0.212. The Balaban J connectivity index is 1.64. The Morgan fingerprint density at radius 1 is 1.32 bits per heavy atom. The first kappa shape index (κ1) is 21.2. The molecule has 0 spiro atoms. The summed E-state index contributed by atoms with van der Waals surface area (Å²) in [6.07, 6.45) is 2.68. The van der Waals surface area contributed by atoms with E-state index in [1.54, 1.807) is 32.0 Å². The Labute approximate surface area is 184 Å². The maximum Gasteiger partial charge on any atom is 0.341 e. The van der Waals surface area contributed by atoms with Gasteiger partial charge in [-0.2, -0.15) is 0 Å². The second kappa shape index (κ2) is 8.63. The van der Waals surface area contributed by atoms with E-state index in [2.05, 4.69) is 17.2 Å². The molecule has 0 aliphatic heterocycles. The molecule has 3 aromatic rings. The second-order valence-corrected chi connectivity index (χ2v) is 9.00. The lowest BCUT2D eigenvalue weighted by Gasteiger charge is -2.18. The van der Waals surface area contributed by atoms with Gasteiger partial charge in [-0.25, -0.2) is 9.78 Å². The highest BCUT2D eigenvalue weighted by atomic mass is 32.1. The molecule has 0 saturated heterocycles. The third-order valence-electron chi connectivity index (χ3n) is 5.60. The molecule has 1 aliphatic rings. The van der Waals surface area contributed by atoms with Crippen LogP contribution in [0.1, 0.15) is 46.9 Å². The summed E-state index contributed by atoms with van der Waals surface area (Å²) in [7, 11) is 0. The van der Waals surface area contributed by atoms with Crippen LogP contribution in [0.25, 0.3) is 10.9 Å². The van der Waals surface area contributed by atoms with Crippen molar-refractivity contribution in [1.29, 1.82) is 0 Å². The van der Waals surface area contributed by atoms with Crippen molar-refractivity contribution in [2.24, 2.45) is 5.92 Å². The molecule has 7 nitrogen and oxygen atoms in total. The van der Waals surface area contributed by atoms with Gasteiger partial charge in [0.1, 0.15) is 17.4 Å². The Morgan fingerprint density at radius 3 is 2.87 bits per heavy atom. The van der Waals surface area contributed by atoms with E-state index in [0.717, 1.165) is 29.7 Å². The molecule has 1 unspecified atom stereocenters. The molecule has 1 aromatic carbocycles. The summed E-state index contributed by atoms with van der Waals surface area (Å²) in [5, 5.41) is 3.83. The van der Waals surface area contributed by atoms with Crippen molar-refractivity contribution in [2.45, 2.75) is 46.6 Å². The van der Waals surface area contributed by atoms with Gasteiger partial charge in [-0.1, -0.05) is 19.1 Å². The van der Waals surface area contributed by atoms with Crippen molar-refractivity contribution in [3.63, 3.8) is 0 Å². The van der Waals surface area contributed by atoms with Crippen molar-refractivity contribution in [3.05, 3.63) is 56.4 Å². The van der Waals surface area contributed by atoms with Crippen molar-refractivity contribution < 1.29 is 14.3 Å². The van der Waals surface area contributed by atoms with E-state index in [9.17, 15) is 14.4 Å². The van der Waals surface area contributed by atoms with Crippen molar-refractivity contribution in [3.8, 4) is 0 Å². The van der Waals surface area contributed by atoms with E-state index in [0.29, 0.717) is 33.2 Å². The van der Waals surface area contributed by atoms with E-state index in [1.807, 2.05) is 6.07 Å². The lowest BCUT2D eigenvalue weighted by Crippen LogP contribution is -2.30. The van der Waals surface area contributed by atoms with Gasteiger partial charge < -0.3 is 10.1 Å². The molecular weight excluding hydrogens is 414 g/mol. The number of benzene rings is 1. The monoisotopic (exact) mass is 439 g/mol. The molecule has 4 rings (SSSR count). The molecule has 0 fully saturated rings. The van der Waals surface area contributed by atoms with Crippen molar-refractivity contribution in [2.75, 3.05) is 11.9 Å². The number of nitrogens with zero attached hydrogens (tertiary/aromatic N) is 2. The zero-order chi connectivity index (χ0) is 22.1. The number of carbonyl (C=O) groups is 2. The number of para-hydroxylation sites is 1. The van der Waals surface area contributed by atoms with Crippen LogP contribution in [0, 0.1) is 12.8 Å². The molecule has 0 bridgehead atoms. The van der Waals surface area contributed by atoms with Crippen LogP contribution in [-0.4, -0.2) is 28.0 Å². The molecule has 31 heavy (non-hydrogen) atoms. The van der Waals surface area contributed by atoms with Gasteiger partial charge in [-0.3, -0.25) is 14.2 Å². The normalized spacial score (nSPS) is 15.5.